The van der Waals surface area contributed by atoms with Gasteiger partial charge in [0.2, 0.25) is 0 Å². The van der Waals surface area contributed by atoms with Crippen molar-refractivity contribution in [2.24, 2.45) is 0 Å². The van der Waals surface area contributed by atoms with Crippen LogP contribution in [0.25, 0.3) is 0 Å². The van der Waals surface area contributed by atoms with Crippen LogP contribution < -0.4 is 4.90 Å². The Balaban J connectivity index is 1.98. The summed E-state index contributed by atoms with van der Waals surface area (Å²) in [4.78, 5) is 4.75. The summed E-state index contributed by atoms with van der Waals surface area (Å²) in [6, 6.07) is 8.88. The van der Waals surface area contributed by atoms with Gasteiger partial charge < -0.3 is 14.9 Å². The molecule has 1 fully saturated rings. The Hall–Kier alpha value is -1.06. The van der Waals surface area contributed by atoms with Gasteiger partial charge in [-0.05, 0) is 51.1 Å². The molecule has 0 spiro atoms. The van der Waals surface area contributed by atoms with Crippen molar-refractivity contribution in [1.29, 1.82) is 0 Å². The number of aliphatic hydroxyl groups is 1. The molecule has 1 heterocycles. The normalized spacial score (nSPS) is 22.1. The molecular formula is C15H24N2O. The summed E-state index contributed by atoms with van der Waals surface area (Å²) in [5.41, 5.74) is 2.20. The van der Waals surface area contributed by atoms with Crippen molar-refractivity contribution in [3.05, 3.63) is 29.8 Å². The van der Waals surface area contributed by atoms with Crippen LogP contribution in [0.1, 0.15) is 31.4 Å². The second-order valence-corrected chi connectivity index (χ2v) is 5.42. The quantitative estimate of drug-likeness (QED) is 0.885. The first-order chi connectivity index (χ1) is 8.58. The van der Waals surface area contributed by atoms with Gasteiger partial charge in [-0.1, -0.05) is 12.1 Å². The topological polar surface area (TPSA) is 26.7 Å². The summed E-state index contributed by atoms with van der Waals surface area (Å²) in [6.07, 6.45) is 2.23. The molecule has 0 radical (unpaired) electrons. The van der Waals surface area contributed by atoms with Crippen molar-refractivity contribution in [2.75, 3.05) is 32.1 Å². The molecule has 2 atom stereocenters. The van der Waals surface area contributed by atoms with Crippen molar-refractivity contribution in [3.63, 3.8) is 0 Å². The van der Waals surface area contributed by atoms with Gasteiger partial charge in [0.1, 0.15) is 0 Å². The van der Waals surface area contributed by atoms with Gasteiger partial charge in [-0.2, -0.15) is 0 Å². The van der Waals surface area contributed by atoms with Crippen molar-refractivity contribution in [3.8, 4) is 0 Å². The van der Waals surface area contributed by atoms with E-state index in [1.54, 1.807) is 6.92 Å². The molecule has 1 aromatic carbocycles. The molecule has 0 saturated carbocycles. The van der Waals surface area contributed by atoms with Crippen molar-refractivity contribution in [2.45, 2.75) is 31.9 Å². The van der Waals surface area contributed by atoms with Gasteiger partial charge in [0.15, 0.2) is 0 Å². The van der Waals surface area contributed by atoms with E-state index in [-0.39, 0.29) is 6.10 Å². The second kappa shape index (κ2) is 5.72. The van der Waals surface area contributed by atoms with E-state index in [0.29, 0.717) is 6.04 Å². The average Bonchev–Trinajstić information content (AvgIpc) is 2.75. The summed E-state index contributed by atoms with van der Waals surface area (Å²) in [5, 5.41) is 9.50. The molecule has 1 aromatic rings. The monoisotopic (exact) mass is 248 g/mol. The highest BCUT2D eigenvalue weighted by atomic mass is 16.3. The first-order valence-electron chi connectivity index (χ1n) is 6.77. The Kier molecular flexibility index (Phi) is 4.25. The molecule has 1 saturated heterocycles. The van der Waals surface area contributed by atoms with E-state index >= 15 is 0 Å². The Bertz CT molecular complexity index is 375. The van der Waals surface area contributed by atoms with Crippen molar-refractivity contribution in [1.82, 2.24) is 4.90 Å². The number of anilines is 1. The summed E-state index contributed by atoms with van der Waals surface area (Å²) >= 11 is 0. The molecule has 2 unspecified atom stereocenters. The Morgan fingerprint density at radius 3 is 2.56 bits per heavy atom. The van der Waals surface area contributed by atoms with Gasteiger partial charge in [-0.25, -0.2) is 0 Å². The highest BCUT2D eigenvalue weighted by Crippen LogP contribution is 2.21. The average molecular weight is 248 g/mol. The zero-order valence-corrected chi connectivity index (χ0v) is 11.6. The molecule has 0 aromatic heterocycles. The minimum Gasteiger partial charge on any atom is -0.389 e. The van der Waals surface area contributed by atoms with Crippen molar-refractivity contribution >= 4 is 5.69 Å². The number of rotatable bonds is 4. The lowest BCUT2D eigenvalue weighted by molar-refractivity contribution is 0.199. The van der Waals surface area contributed by atoms with Crippen LogP contribution in [-0.2, 0) is 0 Å². The van der Waals surface area contributed by atoms with Gasteiger partial charge in [0.05, 0.1) is 6.10 Å². The lowest BCUT2D eigenvalue weighted by atomic mass is 10.1. The van der Waals surface area contributed by atoms with Gasteiger partial charge in [0, 0.05) is 25.3 Å². The first-order valence-corrected chi connectivity index (χ1v) is 6.77. The smallest absolute Gasteiger partial charge is 0.0761 e. The molecule has 3 heteroatoms. The molecule has 1 N–H and O–H groups in total. The van der Waals surface area contributed by atoms with Crippen LogP contribution in [0, 0.1) is 0 Å². The lowest BCUT2D eigenvalue weighted by Gasteiger charge is -2.27. The molecule has 3 nitrogen and oxygen atoms in total. The van der Waals surface area contributed by atoms with Crippen molar-refractivity contribution < 1.29 is 5.11 Å². The summed E-state index contributed by atoms with van der Waals surface area (Å²) in [6.45, 7) is 4.09. The number of likely N-dealkylation sites (N-methyl/N-ethyl adjacent to an activating group) is 2. The minimum absolute atomic E-state index is 0.384. The Morgan fingerprint density at radius 1 is 1.39 bits per heavy atom. The third kappa shape index (κ3) is 3.03. The predicted molar refractivity (Wildman–Crippen MR) is 76.0 cm³/mol. The fourth-order valence-corrected chi connectivity index (χ4v) is 2.64. The lowest BCUT2D eigenvalue weighted by Crippen LogP contribution is -2.36. The number of hydrogen-bond donors (Lipinski definition) is 1. The molecule has 0 bridgehead atoms. The van der Waals surface area contributed by atoms with Crippen LogP contribution in [0.15, 0.2) is 24.3 Å². The number of benzene rings is 1. The molecule has 1 aliphatic heterocycles. The zero-order valence-electron chi connectivity index (χ0n) is 11.6. The fourth-order valence-electron chi connectivity index (χ4n) is 2.64. The largest absolute Gasteiger partial charge is 0.389 e. The summed E-state index contributed by atoms with van der Waals surface area (Å²) in [5.74, 6) is 0. The number of aliphatic hydroxyl groups excluding tert-OH is 1. The molecule has 100 valence electrons. The summed E-state index contributed by atoms with van der Waals surface area (Å²) < 4.78 is 0. The van der Waals surface area contributed by atoms with Gasteiger partial charge in [-0.15, -0.1) is 0 Å². The summed E-state index contributed by atoms with van der Waals surface area (Å²) in [7, 11) is 4.35. The highest BCUT2D eigenvalue weighted by molar-refractivity contribution is 5.47. The predicted octanol–water partition coefficient (Wildman–Crippen LogP) is 2.27. The fraction of sp³-hybridized carbons (Fsp3) is 0.600. The maximum absolute atomic E-state index is 9.50. The SMILES string of the molecule is CC(O)c1ccc(N(C)CC2CCCN2C)cc1. The van der Waals surface area contributed by atoms with Crippen LogP contribution in [0.5, 0.6) is 0 Å². The maximum Gasteiger partial charge on any atom is 0.0761 e. The Labute approximate surface area is 110 Å². The van der Waals surface area contributed by atoms with E-state index in [1.807, 2.05) is 12.1 Å². The third-order valence-electron chi connectivity index (χ3n) is 3.97. The van der Waals surface area contributed by atoms with E-state index < -0.39 is 0 Å². The van der Waals surface area contributed by atoms with Crippen LogP contribution >= 0.6 is 0 Å². The van der Waals surface area contributed by atoms with Crippen LogP contribution in [-0.4, -0.2) is 43.2 Å². The number of hydrogen-bond acceptors (Lipinski definition) is 3. The third-order valence-corrected chi connectivity index (χ3v) is 3.97. The van der Waals surface area contributed by atoms with Crippen LogP contribution in [0.3, 0.4) is 0 Å². The standard InChI is InChI=1S/C15H24N2O/c1-12(18)13-6-8-14(9-7-13)17(3)11-15-5-4-10-16(15)2/h6-9,12,15,18H,4-5,10-11H2,1-3H3. The van der Waals surface area contributed by atoms with E-state index in [0.717, 1.165) is 12.1 Å². The van der Waals surface area contributed by atoms with E-state index in [1.165, 1.54) is 25.1 Å². The molecule has 0 amide bonds. The van der Waals surface area contributed by atoms with Gasteiger partial charge >= 0.3 is 0 Å². The molecular weight excluding hydrogens is 224 g/mol. The molecule has 2 rings (SSSR count). The second-order valence-electron chi connectivity index (χ2n) is 5.42. The van der Waals surface area contributed by atoms with E-state index in [2.05, 4.69) is 36.0 Å². The van der Waals surface area contributed by atoms with Gasteiger partial charge in [-0.3, -0.25) is 0 Å². The van der Waals surface area contributed by atoms with Crippen LogP contribution in [0.2, 0.25) is 0 Å². The number of nitrogens with zero attached hydrogens (tertiary/aromatic N) is 2. The first kappa shape index (κ1) is 13.4. The molecule has 0 aliphatic carbocycles. The van der Waals surface area contributed by atoms with E-state index in [4.69, 9.17) is 0 Å². The van der Waals surface area contributed by atoms with Crippen LogP contribution in [0.4, 0.5) is 5.69 Å². The van der Waals surface area contributed by atoms with E-state index in [9.17, 15) is 5.11 Å². The zero-order chi connectivity index (χ0) is 13.1. The highest BCUT2D eigenvalue weighted by Gasteiger charge is 2.22. The maximum atomic E-state index is 9.50. The molecule has 18 heavy (non-hydrogen) atoms. The Morgan fingerprint density at radius 2 is 2.06 bits per heavy atom. The molecule has 1 aliphatic rings. The number of likely N-dealkylation sites (tertiary alicyclic amines) is 1. The minimum atomic E-state index is -0.384. The van der Waals surface area contributed by atoms with Gasteiger partial charge in [0.25, 0.3) is 0 Å².